The van der Waals surface area contributed by atoms with Crippen molar-refractivity contribution in [3.8, 4) is 0 Å². The zero-order valence-electron chi connectivity index (χ0n) is 15.8. The van der Waals surface area contributed by atoms with E-state index in [0.29, 0.717) is 6.42 Å². The molecule has 142 valence electrons. The Kier molecular flexibility index (Phi) is 5.48. The second-order valence-electron chi connectivity index (χ2n) is 6.59. The number of carbonyl (C=O) groups is 1. The maximum Gasteiger partial charge on any atom is 0.233 e. The van der Waals surface area contributed by atoms with Crippen LogP contribution >= 0.6 is 11.3 Å². The zero-order chi connectivity index (χ0) is 19.3. The monoisotopic (exact) mass is 390 g/mol. The standard InChI is InChI=1S/C22H22N4OS/c1-2-17-10-12-18(13-11-17)26(21(27)9-5-15-25-16-6-14-23-25)22-24-19-7-3-4-8-20(19)28-22/h3-4,6-8,10-14,16H,2,5,9,15H2,1H3. The Morgan fingerprint density at radius 3 is 2.64 bits per heavy atom. The Bertz CT molecular complexity index is 1020. The number of aromatic nitrogens is 3. The van der Waals surface area contributed by atoms with E-state index < -0.39 is 0 Å². The van der Waals surface area contributed by atoms with Gasteiger partial charge in [-0.3, -0.25) is 14.4 Å². The molecule has 4 rings (SSSR count). The van der Waals surface area contributed by atoms with Gasteiger partial charge in [-0.2, -0.15) is 5.10 Å². The Balaban J connectivity index is 1.60. The highest BCUT2D eigenvalue weighted by atomic mass is 32.1. The van der Waals surface area contributed by atoms with E-state index in [1.54, 1.807) is 22.4 Å². The highest BCUT2D eigenvalue weighted by Crippen LogP contribution is 2.34. The van der Waals surface area contributed by atoms with Crippen LogP contribution in [0.1, 0.15) is 25.3 Å². The van der Waals surface area contributed by atoms with Crippen LogP contribution in [-0.4, -0.2) is 20.7 Å². The lowest BCUT2D eigenvalue weighted by Crippen LogP contribution is -2.25. The van der Waals surface area contributed by atoms with Crippen LogP contribution in [0.15, 0.2) is 67.0 Å². The third kappa shape index (κ3) is 3.97. The maximum atomic E-state index is 13.2. The predicted molar refractivity (Wildman–Crippen MR) is 114 cm³/mol. The third-order valence-electron chi connectivity index (χ3n) is 4.66. The zero-order valence-corrected chi connectivity index (χ0v) is 16.6. The number of rotatable bonds is 7. The average molecular weight is 391 g/mol. The number of carbonyl (C=O) groups excluding carboxylic acids is 1. The lowest BCUT2D eigenvalue weighted by Gasteiger charge is -2.20. The van der Waals surface area contributed by atoms with Crippen molar-refractivity contribution in [3.63, 3.8) is 0 Å². The van der Waals surface area contributed by atoms with Gasteiger partial charge in [-0.15, -0.1) is 0 Å². The number of para-hydroxylation sites is 1. The van der Waals surface area contributed by atoms with Crippen LogP contribution in [0.25, 0.3) is 10.2 Å². The summed E-state index contributed by atoms with van der Waals surface area (Å²) in [5, 5.41) is 4.92. The van der Waals surface area contributed by atoms with Gasteiger partial charge in [-0.05, 0) is 48.7 Å². The molecular formula is C22H22N4OS. The van der Waals surface area contributed by atoms with Gasteiger partial charge in [0.15, 0.2) is 5.13 Å². The Morgan fingerprint density at radius 2 is 1.93 bits per heavy atom. The minimum atomic E-state index is 0.0514. The number of anilines is 2. The number of fused-ring (bicyclic) bond motifs is 1. The molecule has 0 saturated heterocycles. The first-order chi connectivity index (χ1) is 13.7. The fraction of sp³-hybridized carbons (Fsp3) is 0.227. The van der Waals surface area contributed by atoms with Gasteiger partial charge >= 0.3 is 0 Å². The summed E-state index contributed by atoms with van der Waals surface area (Å²) in [6, 6.07) is 18.1. The van der Waals surface area contributed by atoms with E-state index in [2.05, 4.69) is 24.2 Å². The Hall–Kier alpha value is -2.99. The van der Waals surface area contributed by atoms with Crippen LogP contribution < -0.4 is 4.90 Å². The SMILES string of the molecule is CCc1ccc(N(C(=O)CCCn2cccn2)c2nc3ccccc3s2)cc1. The third-order valence-corrected chi connectivity index (χ3v) is 5.68. The van der Waals surface area contributed by atoms with Gasteiger partial charge in [0.05, 0.1) is 15.9 Å². The van der Waals surface area contributed by atoms with E-state index in [0.717, 1.165) is 40.4 Å². The van der Waals surface area contributed by atoms with Crippen molar-refractivity contribution in [3.05, 3.63) is 72.6 Å². The molecule has 0 bridgehead atoms. The first-order valence-electron chi connectivity index (χ1n) is 9.49. The summed E-state index contributed by atoms with van der Waals surface area (Å²) in [6.07, 6.45) is 5.81. The summed E-state index contributed by atoms with van der Waals surface area (Å²) in [4.78, 5) is 19.6. The van der Waals surface area contributed by atoms with Gasteiger partial charge in [0.1, 0.15) is 0 Å². The molecule has 2 heterocycles. The van der Waals surface area contributed by atoms with E-state index in [4.69, 9.17) is 4.98 Å². The number of thiazole rings is 1. The van der Waals surface area contributed by atoms with Crippen LogP contribution in [0.3, 0.4) is 0 Å². The molecule has 4 aromatic rings. The molecule has 0 atom stereocenters. The van der Waals surface area contributed by atoms with Crippen LogP contribution in [-0.2, 0) is 17.8 Å². The molecule has 0 aliphatic heterocycles. The van der Waals surface area contributed by atoms with E-state index in [9.17, 15) is 4.79 Å². The molecule has 0 aliphatic carbocycles. The summed E-state index contributed by atoms with van der Waals surface area (Å²) in [7, 11) is 0. The molecule has 28 heavy (non-hydrogen) atoms. The van der Waals surface area contributed by atoms with Gasteiger partial charge in [-0.25, -0.2) is 4.98 Å². The second kappa shape index (κ2) is 8.35. The summed E-state index contributed by atoms with van der Waals surface area (Å²) >= 11 is 1.55. The van der Waals surface area contributed by atoms with Gasteiger partial charge < -0.3 is 0 Å². The molecule has 0 aliphatic rings. The smallest absolute Gasteiger partial charge is 0.233 e. The minimum Gasteiger partial charge on any atom is -0.274 e. The van der Waals surface area contributed by atoms with Gasteiger partial charge in [0, 0.05) is 25.4 Å². The van der Waals surface area contributed by atoms with Crippen LogP contribution in [0.4, 0.5) is 10.8 Å². The second-order valence-corrected chi connectivity index (χ2v) is 7.60. The average Bonchev–Trinajstić information content (AvgIpc) is 3.38. The molecule has 0 saturated carbocycles. The normalized spacial score (nSPS) is 11.0. The first-order valence-corrected chi connectivity index (χ1v) is 10.3. The van der Waals surface area contributed by atoms with Crippen molar-refractivity contribution >= 4 is 38.3 Å². The van der Waals surface area contributed by atoms with Crippen LogP contribution in [0.5, 0.6) is 0 Å². The molecule has 6 heteroatoms. The molecule has 1 amide bonds. The van der Waals surface area contributed by atoms with E-state index in [1.165, 1.54) is 5.56 Å². The van der Waals surface area contributed by atoms with Crippen molar-refractivity contribution in [2.24, 2.45) is 0 Å². The number of hydrogen-bond donors (Lipinski definition) is 0. The number of amides is 1. The maximum absolute atomic E-state index is 13.2. The predicted octanol–water partition coefficient (Wildman–Crippen LogP) is 5.20. The summed E-state index contributed by atoms with van der Waals surface area (Å²) < 4.78 is 2.93. The van der Waals surface area contributed by atoms with Crippen molar-refractivity contribution < 1.29 is 4.79 Å². The van der Waals surface area contributed by atoms with Crippen molar-refractivity contribution in [1.29, 1.82) is 0 Å². The number of hydrogen-bond acceptors (Lipinski definition) is 4. The van der Waals surface area contributed by atoms with Crippen molar-refractivity contribution in [2.45, 2.75) is 32.7 Å². The molecule has 2 aromatic carbocycles. The van der Waals surface area contributed by atoms with E-state index >= 15 is 0 Å². The number of nitrogens with zero attached hydrogens (tertiary/aromatic N) is 4. The molecule has 0 spiro atoms. The molecule has 5 nitrogen and oxygen atoms in total. The number of benzene rings is 2. The molecule has 2 aromatic heterocycles. The molecule has 0 unspecified atom stereocenters. The topological polar surface area (TPSA) is 51.0 Å². The van der Waals surface area contributed by atoms with Crippen molar-refractivity contribution in [1.82, 2.24) is 14.8 Å². The van der Waals surface area contributed by atoms with Gasteiger partial charge in [0.25, 0.3) is 0 Å². The van der Waals surface area contributed by atoms with Crippen LogP contribution in [0, 0.1) is 0 Å². The number of aryl methyl sites for hydroxylation is 2. The molecular weight excluding hydrogens is 368 g/mol. The summed E-state index contributed by atoms with van der Waals surface area (Å²) in [6.45, 7) is 2.85. The summed E-state index contributed by atoms with van der Waals surface area (Å²) in [5.41, 5.74) is 3.03. The summed E-state index contributed by atoms with van der Waals surface area (Å²) in [5.74, 6) is 0.0514. The largest absolute Gasteiger partial charge is 0.274 e. The molecule has 0 radical (unpaired) electrons. The van der Waals surface area contributed by atoms with Crippen molar-refractivity contribution in [2.75, 3.05) is 4.90 Å². The molecule has 0 N–H and O–H groups in total. The fourth-order valence-corrected chi connectivity index (χ4v) is 4.14. The quantitative estimate of drug-likeness (QED) is 0.436. The Labute approximate surface area is 168 Å². The fourth-order valence-electron chi connectivity index (χ4n) is 3.13. The highest BCUT2D eigenvalue weighted by Gasteiger charge is 2.21. The van der Waals surface area contributed by atoms with E-state index in [-0.39, 0.29) is 5.91 Å². The lowest BCUT2D eigenvalue weighted by molar-refractivity contribution is -0.118. The molecule has 0 fully saturated rings. The minimum absolute atomic E-state index is 0.0514. The van der Waals surface area contributed by atoms with Gasteiger partial charge in [-0.1, -0.05) is 42.5 Å². The van der Waals surface area contributed by atoms with E-state index in [1.807, 2.05) is 53.3 Å². The van der Waals surface area contributed by atoms with Gasteiger partial charge in [0.2, 0.25) is 5.91 Å². The van der Waals surface area contributed by atoms with Crippen LogP contribution in [0.2, 0.25) is 0 Å². The highest BCUT2D eigenvalue weighted by molar-refractivity contribution is 7.22. The Morgan fingerprint density at radius 1 is 1.11 bits per heavy atom. The first kappa shape index (κ1) is 18.4. The lowest BCUT2D eigenvalue weighted by atomic mass is 10.1.